The molecule has 2 heterocycles. The number of carbonyl (C=O) groups is 2. The van der Waals surface area contributed by atoms with Crippen LogP contribution in [-0.4, -0.2) is 34.0 Å². The molecule has 1 aromatic heterocycles. The van der Waals surface area contributed by atoms with E-state index in [0.29, 0.717) is 13.0 Å². The molecule has 1 saturated heterocycles. The Morgan fingerprint density at radius 3 is 2.43 bits per heavy atom. The third-order valence-electron chi connectivity index (χ3n) is 6.69. The lowest BCUT2D eigenvalue weighted by Crippen LogP contribution is -2.39. The van der Waals surface area contributed by atoms with Crippen molar-refractivity contribution in [3.8, 4) is 0 Å². The summed E-state index contributed by atoms with van der Waals surface area (Å²) in [5.41, 5.74) is 4.64. The highest BCUT2D eigenvalue weighted by Gasteiger charge is 2.36. The molecule has 6 nitrogen and oxygen atoms in total. The van der Waals surface area contributed by atoms with Crippen LogP contribution in [0.4, 0.5) is 11.4 Å². The summed E-state index contributed by atoms with van der Waals surface area (Å²) >= 11 is 0. The monoisotopic (exact) mass is 466 g/mol. The number of hydrogen-bond donors (Lipinski definition) is 0. The zero-order valence-corrected chi connectivity index (χ0v) is 20.4. The van der Waals surface area contributed by atoms with Crippen LogP contribution in [0.1, 0.15) is 37.6 Å². The first-order valence-electron chi connectivity index (χ1n) is 12.1. The van der Waals surface area contributed by atoms with Crippen LogP contribution in [0.5, 0.6) is 0 Å². The fourth-order valence-corrected chi connectivity index (χ4v) is 5.08. The van der Waals surface area contributed by atoms with Gasteiger partial charge in [-0.3, -0.25) is 9.59 Å². The number of amides is 2. The number of nitrogens with zero attached hydrogens (tertiary/aromatic N) is 4. The molecule has 1 aliphatic heterocycles. The van der Waals surface area contributed by atoms with E-state index in [0.717, 1.165) is 33.8 Å². The number of aryl methyl sites for hydroxylation is 1. The lowest BCUT2D eigenvalue weighted by atomic mass is 10.1. The first-order valence-corrected chi connectivity index (χ1v) is 12.1. The summed E-state index contributed by atoms with van der Waals surface area (Å²) in [6.45, 7) is 6.78. The van der Waals surface area contributed by atoms with Crippen molar-refractivity contribution in [2.75, 3.05) is 16.3 Å². The second-order valence-corrected chi connectivity index (χ2v) is 9.43. The van der Waals surface area contributed by atoms with Gasteiger partial charge >= 0.3 is 0 Å². The first-order chi connectivity index (χ1) is 16.9. The summed E-state index contributed by atoms with van der Waals surface area (Å²) in [5.74, 6) is 0.783. The van der Waals surface area contributed by atoms with Gasteiger partial charge in [0.1, 0.15) is 12.4 Å². The quantitative estimate of drug-likeness (QED) is 0.387. The molecular formula is C29H30N4O2. The van der Waals surface area contributed by atoms with E-state index < -0.39 is 0 Å². The van der Waals surface area contributed by atoms with Gasteiger partial charge < -0.3 is 14.4 Å². The summed E-state index contributed by atoms with van der Waals surface area (Å²) in [6.07, 6.45) is 0.373. The maximum atomic E-state index is 13.7. The second-order valence-electron chi connectivity index (χ2n) is 9.43. The van der Waals surface area contributed by atoms with E-state index in [1.165, 1.54) is 0 Å². The Kier molecular flexibility index (Phi) is 6.12. The van der Waals surface area contributed by atoms with Crippen LogP contribution in [0, 0.1) is 6.92 Å². The Morgan fingerprint density at radius 1 is 1.00 bits per heavy atom. The molecule has 5 rings (SSSR count). The fraction of sp³-hybridized carbons (Fsp3) is 0.276. The number of rotatable bonds is 6. The lowest BCUT2D eigenvalue weighted by Gasteiger charge is -2.28. The van der Waals surface area contributed by atoms with Gasteiger partial charge in [0.25, 0.3) is 0 Å². The number of anilines is 2. The van der Waals surface area contributed by atoms with E-state index >= 15 is 0 Å². The molecule has 4 aromatic rings. The van der Waals surface area contributed by atoms with Crippen LogP contribution >= 0.6 is 0 Å². The topological polar surface area (TPSA) is 58.4 Å². The number of fused-ring (bicyclic) bond motifs is 1. The van der Waals surface area contributed by atoms with E-state index in [-0.39, 0.29) is 30.3 Å². The molecule has 0 N–H and O–H groups in total. The van der Waals surface area contributed by atoms with E-state index in [2.05, 4.69) is 0 Å². The zero-order chi connectivity index (χ0) is 24.5. The Hall–Kier alpha value is -3.93. The smallest absolute Gasteiger partial charge is 0.247 e. The van der Waals surface area contributed by atoms with Crippen LogP contribution in [0.3, 0.4) is 0 Å². The van der Waals surface area contributed by atoms with Crippen molar-refractivity contribution in [2.45, 2.75) is 45.7 Å². The lowest BCUT2D eigenvalue weighted by molar-refractivity contribution is -0.119. The maximum Gasteiger partial charge on any atom is 0.247 e. The Balaban J connectivity index is 1.50. The molecular weight excluding hydrogens is 436 g/mol. The van der Waals surface area contributed by atoms with Gasteiger partial charge in [-0.15, -0.1) is 0 Å². The highest BCUT2D eigenvalue weighted by Crippen LogP contribution is 2.34. The molecule has 1 fully saturated rings. The van der Waals surface area contributed by atoms with Crippen molar-refractivity contribution in [1.82, 2.24) is 9.55 Å². The fourth-order valence-electron chi connectivity index (χ4n) is 5.08. The molecule has 0 saturated carbocycles. The average Bonchev–Trinajstić information content (AvgIpc) is 3.40. The first kappa shape index (κ1) is 22.8. The van der Waals surface area contributed by atoms with Crippen LogP contribution < -0.4 is 9.80 Å². The van der Waals surface area contributed by atoms with Crippen molar-refractivity contribution >= 4 is 34.2 Å². The van der Waals surface area contributed by atoms with Crippen molar-refractivity contribution < 1.29 is 9.59 Å². The molecule has 0 spiro atoms. The van der Waals surface area contributed by atoms with Crippen LogP contribution in [0.15, 0.2) is 78.9 Å². The Morgan fingerprint density at radius 2 is 1.69 bits per heavy atom. The minimum atomic E-state index is -0.0912. The number of para-hydroxylation sites is 4. The predicted octanol–water partition coefficient (Wildman–Crippen LogP) is 5.31. The number of carbonyl (C=O) groups excluding carboxylic acids is 2. The van der Waals surface area contributed by atoms with Crippen molar-refractivity contribution in [2.24, 2.45) is 0 Å². The summed E-state index contributed by atoms with van der Waals surface area (Å²) in [5, 5.41) is 0. The molecule has 1 atom stereocenters. The van der Waals surface area contributed by atoms with E-state index in [4.69, 9.17) is 4.98 Å². The van der Waals surface area contributed by atoms with Gasteiger partial charge in [0.2, 0.25) is 11.8 Å². The summed E-state index contributed by atoms with van der Waals surface area (Å²) in [4.78, 5) is 35.3. The highest BCUT2D eigenvalue weighted by molar-refractivity contribution is 5.97. The van der Waals surface area contributed by atoms with Gasteiger partial charge in [-0.05, 0) is 56.7 Å². The molecule has 1 aliphatic rings. The molecule has 6 heteroatoms. The van der Waals surface area contributed by atoms with Gasteiger partial charge in [0, 0.05) is 36.3 Å². The summed E-state index contributed by atoms with van der Waals surface area (Å²) in [6, 6.07) is 25.6. The van der Waals surface area contributed by atoms with Crippen LogP contribution in [0.2, 0.25) is 0 Å². The van der Waals surface area contributed by atoms with Crippen molar-refractivity contribution in [3.63, 3.8) is 0 Å². The number of aromatic nitrogens is 2. The SMILES string of the molecule is Cc1ccccc1N1CC(c2nc3ccccc3n2CC(=O)N(c2ccccc2)C(C)C)CC1=O. The van der Waals surface area contributed by atoms with Gasteiger partial charge in [0.15, 0.2) is 0 Å². The van der Waals surface area contributed by atoms with E-state index in [9.17, 15) is 9.59 Å². The van der Waals surface area contributed by atoms with Gasteiger partial charge in [-0.1, -0.05) is 48.5 Å². The third kappa shape index (κ3) is 4.32. The Labute approximate surface area is 205 Å². The van der Waals surface area contributed by atoms with Crippen molar-refractivity contribution in [1.29, 1.82) is 0 Å². The Bertz CT molecular complexity index is 1380. The molecule has 178 valence electrons. The standard InChI is InChI=1S/C29H30N4O2/c1-20(2)33(23-12-5-4-6-13-23)28(35)19-32-26-16-10-8-14-24(26)30-29(32)22-17-27(34)31(18-22)25-15-9-7-11-21(25)3/h4-16,20,22H,17-19H2,1-3H3. The highest BCUT2D eigenvalue weighted by atomic mass is 16.2. The molecule has 2 amide bonds. The predicted molar refractivity (Wildman–Crippen MR) is 140 cm³/mol. The molecule has 0 bridgehead atoms. The molecule has 0 aliphatic carbocycles. The molecule has 0 radical (unpaired) electrons. The number of imidazole rings is 1. The molecule has 3 aromatic carbocycles. The molecule has 35 heavy (non-hydrogen) atoms. The van der Waals surface area contributed by atoms with E-state index in [1.54, 1.807) is 0 Å². The largest absolute Gasteiger partial charge is 0.318 e. The summed E-state index contributed by atoms with van der Waals surface area (Å²) in [7, 11) is 0. The molecule has 1 unspecified atom stereocenters. The summed E-state index contributed by atoms with van der Waals surface area (Å²) < 4.78 is 2.01. The minimum absolute atomic E-state index is 0.00399. The van der Waals surface area contributed by atoms with Crippen LogP contribution in [-0.2, 0) is 16.1 Å². The normalized spacial score (nSPS) is 15.8. The van der Waals surface area contributed by atoms with Gasteiger partial charge in [-0.2, -0.15) is 0 Å². The second kappa shape index (κ2) is 9.37. The third-order valence-corrected chi connectivity index (χ3v) is 6.69. The number of hydrogen-bond acceptors (Lipinski definition) is 3. The van der Waals surface area contributed by atoms with Gasteiger partial charge in [0.05, 0.1) is 11.0 Å². The van der Waals surface area contributed by atoms with Crippen molar-refractivity contribution in [3.05, 3.63) is 90.3 Å². The average molecular weight is 467 g/mol. The van der Waals surface area contributed by atoms with E-state index in [1.807, 2.05) is 114 Å². The maximum absolute atomic E-state index is 13.7. The van der Waals surface area contributed by atoms with Gasteiger partial charge in [-0.25, -0.2) is 4.98 Å². The minimum Gasteiger partial charge on any atom is -0.318 e. The number of benzene rings is 3. The zero-order valence-electron chi connectivity index (χ0n) is 20.4. The van der Waals surface area contributed by atoms with Crippen LogP contribution in [0.25, 0.3) is 11.0 Å².